The first-order chi connectivity index (χ1) is 39.1. The van der Waals surface area contributed by atoms with Gasteiger partial charge in [0.2, 0.25) is 17.8 Å². The zero-order valence-electron chi connectivity index (χ0n) is 45.6. The lowest BCUT2D eigenvalue weighted by molar-refractivity contribution is -0.192. The zero-order valence-corrected chi connectivity index (χ0v) is 47.2. The van der Waals surface area contributed by atoms with E-state index < -0.39 is 43.1 Å². The summed E-state index contributed by atoms with van der Waals surface area (Å²) >= 11 is 6.69. The van der Waals surface area contributed by atoms with Crippen LogP contribution in [0.25, 0.3) is 22.2 Å². The molecule has 0 radical (unpaired) electrons. The molecule has 4 fully saturated rings. The third kappa shape index (κ3) is 12.4. The van der Waals surface area contributed by atoms with Crippen LogP contribution in [-0.2, 0) is 26.0 Å². The average Bonchev–Trinajstić information content (AvgIpc) is 3.30. The number of fused-ring (bicyclic) bond motifs is 2. The van der Waals surface area contributed by atoms with E-state index in [1.807, 2.05) is 42.3 Å². The molecule has 1 atom stereocenters. The lowest BCUT2D eigenvalue weighted by Gasteiger charge is -2.42. The number of amides is 4. The molecule has 11 rings (SSSR count). The molecular weight excluding hydrogens is 1110 g/mol. The number of ether oxygens (including phenoxy) is 1. The number of aliphatic carboxylic acids is 1. The number of nitrogens with zero attached hydrogens (tertiary/aromatic N) is 10. The number of carbonyl (C=O) groups is 5. The lowest BCUT2D eigenvalue weighted by atomic mass is 9.78. The van der Waals surface area contributed by atoms with Crippen LogP contribution in [0.3, 0.4) is 0 Å². The summed E-state index contributed by atoms with van der Waals surface area (Å²) in [6.07, 6.45) is 10.5. The van der Waals surface area contributed by atoms with Crippen LogP contribution < -0.4 is 35.8 Å². The standard InChI is InChI=1S/C54H61ClN13O6P.C2HF3O2/c1-64-31-35(28-59-64)38-26-43(61-54-58-29-40(55)50(63-54)60-42-8-7-41-48(57-18-17-56-41)49(42)75(3,4)73)46(74-2)27-45(38)67-23-15-34(16-24-67)33-13-19-65(20-14-33)30-32-11-21-66(22-12-32)36-5-6-37-39(25-36)53(72)68(52(37)71)44-9-10-47(69)62-51(44)70;3-2(4,5)1(6)7/h5-8,17-18,25-29,31-34,44H,9-16,19-24,30H2,1-4H3,(H,62,69,70)(H2,58,60,61,63);(H,6,7). The minimum Gasteiger partial charge on any atom is -0.494 e. The highest BCUT2D eigenvalue weighted by Crippen LogP contribution is 2.45. The van der Waals surface area contributed by atoms with Crippen molar-refractivity contribution in [2.75, 3.05) is 86.7 Å². The molecule has 6 aromatic rings. The number of aromatic nitrogens is 6. The number of alkyl halides is 3. The van der Waals surface area contributed by atoms with Gasteiger partial charge in [0.25, 0.3) is 11.8 Å². The first-order valence-corrected chi connectivity index (χ1v) is 30.1. The molecule has 4 amide bonds. The largest absolute Gasteiger partial charge is 0.494 e. The number of hydrogen-bond acceptors (Lipinski definition) is 17. The summed E-state index contributed by atoms with van der Waals surface area (Å²) < 4.78 is 53.2. The highest BCUT2D eigenvalue weighted by Gasteiger charge is 2.45. The molecule has 4 N–H and O–H groups in total. The van der Waals surface area contributed by atoms with Crippen molar-refractivity contribution in [3.05, 3.63) is 89.6 Å². The van der Waals surface area contributed by atoms with Crippen LogP contribution in [0.5, 0.6) is 5.75 Å². The Bertz CT molecular complexity index is 3500. The van der Waals surface area contributed by atoms with Gasteiger partial charge >= 0.3 is 12.1 Å². The molecule has 432 valence electrons. The Morgan fingerprint density at radius 2 is 1.49 bits per heavy atom. The third-order valence-electron chi connectivity index (χ3n) is 16.1. The number of likely N-dealkylation sites (tertiary alicyclic amines) is 1. The number of carbonyl (C=O) groups excluding carboxylic acids is 4. The summed E-state index contributed by atoms with van der Waals surface area (Å²) in [6.45, 7) is 10.3. The fourth-order valence-electron chi connectivity index (χ4n) is 11.9. The summed E-state index contributed by atoms with van der Waals surface area (Å²) in [5, 5.41) is 21.5. The van der Waals surface area contributed by atoms with Crippen molar-refractivity contribution < 1.29 is 51.6 Å². The minimum absolute atomic E-state index is 0.0937. The molecule has 21 nitrogen and oxygen atoms in total. The van der Waals surface area contributed by atoms with Crippen LogP contribution in [0.2, 0.25) is 5.02 Å². The molecule has 5 aliphatic heterocycles. The summed E-state index contributed by atoms with van der Waals surface area (Å²) in [6, 6.07) is 12.3. The number of hydrogen-bond donors (Lipinski definition) is 4. The Kier molecular flexibility index (Phi) is 16.6. The van der Waals surface area contributed by atoms with E-state index in [0.29, 0.717) is 68.2 Å². The van der Waals surface area contributed by atoms with Gasteiger partial charge in [-0.1, -0.05) is 11.6 Å². The van der Waals surface area contributed by atoms with Gasteiger partial charge < -0.3 is 39.7 Å². The van der Waals surface area contributed by atoms with Gasteiger partial charge in [0.1, 0.15) is 29.5 Å². The zero-order chi connectivity index (χ0) is 58.2. The summed E-state index contributed by atoms with van der Waals surface area (Å²) in [4.78, 5) is 86.6. The Hall–Kier alpha value is -7.69. The summed E-state index contributed by atoms with van der Waals surface area (Å²) in [5.41, 5.74) is 7.06. The molecule has 3 aromatic carbocycles. The minimum atomic E-state index is -5.08. The Balaban J connectivity index is 0.00000101. The second kappa shape index (κ2) is 23.7. The Labute approximate surface area is 475 Å². The van der Waals surface area contributed by atoms with Crippen LogP contribution in [0, 0.1) is 17.8 Å². The molecule has 0 spiro atoms. The monoisotopic (exact) mass is 1170 g/mol. The molecule has 0 aliphatic carbocycles. The maximum Gasteiger partial charge on any atom is 0.490 e. The van der Waals surface area contributed by atoms with Crippen molar-refractivity contribution >= 4 is 99.2 Å². The van der Waals surface area contributed by atoms with Crippen LogP contribution >= 0.6 is 18.7 Å². The van der Waals surface area contributed by atoms with E-state index >= 15 is 0 Å². The smallest absolute Gasteiger partial charge is 0.490 e. The number of halogens is 4. The van der Waals surface area contributed by atoms with Gasteiger partial charge in [-0.05, 0) is 126 Å². The predicted molar refractivity (Wildman–Crippen MR) is 303 cm³/mol. The van der Waals surface area contributed by atoms with Gasteiger partial charge in [-0.25, -0.2) is 9.78 Å². The first kappa shape index (κ1) is 57.5. The normalized spacial score (nSPS) is 18.8. The van der Waals surface area contributed by atoms with Gasteiger partial charge in [0, 0.05) is 93.4 Å². The number of carboxylic acid groups (broad SMARTS) is 1. The van der Waals surface area contributed by atoms with Crippen molar-refractivity contribution in [1.29, 1.82) is 0 Å². The predicted octanol–water partition coefficient (Wildman–Crippen LogP) is 8.10. The van der Waals surface area contributed by atoms with Gasteiger partial charge in [-0.3, -0.25) is 44.0 Å². The topological polar surface area (TPSA) is 250 Å². The van der Waals surface area contributed by atoms with Crippen molar-refractivity contribution in [2.24, 2.45) is 24.8 Å². The second-order valence-electron chi connectivity index (χ2n) is 21.7. The molecule has 5 aliphatic rings. The fourth-order valence-corrected chi connectivity index (χ4v) is 13.5. The van der Waals surface area contributed by atoms with Gasteiger partial charge in [-0.2, -0.15) is 23.3 Å². The number of anilines is 6. The molecule has 82 heavy (non-hydrogen) atoms. The van der Waals surface area contributed by atoms with Gasteiger partial charge in [0.05, 0.1) is 52.8 Å². The van der Waals surface area contributed by atoms with Crippen LogP contribution in [0.1, 0.15) is 72.1 Å². The number of benzene rings is 3. The molecule has 1 unspecified atom stereocenters. The van der Waals surface area contributed by atoms with Gasteiger partial charge in [0.15, 0.2) is 5.82 Å². The van der Waals surface area contributed by atoms with E-state index in [1.54, 1.807) is 45.0 Å². The highest BCUT2D eigenvalue weighted by atomic mass is 35.5. The van der Waals surface area contributed by atoms with Crippen LogP contribution in [0.4, 0.5) is 47.7 Å². The lowest BCUT2D eigenvalue weighted by Crippen LogP contribution is -2.54. The van der Waals surface area contributed by atoms with E-state index in [2.05, 4.69) is 62.8 Å². The summed E-state index contributed by atoms with van der Waals surface area (Å²) in [7, 11) is 0.742. The molecule has 8 heterocycles. The molecule has 26 heteroatoms. The highest BCUT2D eigenvalue weighted by molar-refractivity contribution is 7.71. The first-order valence-electron chi connectivity index (χ1n) is 27.1. The quantitative estimate of drug-likeness (QED) is 0.0630. The fraction of sp³-hybridized carbons (Fsp3) is 0.429. The van der Waals surface area contributed by atoms with Gasteiger partial charge in [-0.15, -0.1) is 0 Å². The third-order valence-corrected chi connectivity index (χ3v) is 17.9. The van der Waals surface area contributed by atoms with E-state index in [0.717, 1.165) is 98.9 Å². The number of carboxylic acids is 1. The molecule has 3 aromatic heterocycles. The number of nitrogens with one attached hydrogen (secondary N) is 3. The summed E-state index contributed by atoms with van der Waals surface area (Å²) in [5.74, 6) is -1.50. The van der Waals surface area contributed by atoms with Crippen molar-refractivity contribution in [3.63, 3.8) is 0 Å². The second-order valence-corrected chi connectivity index (χ2v) is 25.3. The average molecular weight is 1170 g/mol. The SMILES string of the molecule is COc1cc(N2CCC(C3CCN(CC4CCN(c5ccc6c(c5)C(=O)N(C5CCC(=O)NC5=O)C6=O)CC4)CC3)CC2)c(-c2cnn(C)c2)cc1Nc1ncc(Cl)c(Nc2ccc3nccnc3c2P(C)(C)=O)n1.O=C(O)C(F)(F)F. The van der Waals surface area contributed by atoms with Crippen LogP contribution in [0.15, 0.2) is 73.4 Å². The van der Waals surface area contributed by atoms with E-state index in [-0.39, 0.29) is 29.7 Å². The van der Waals surface area contributed by atoms with Crippen molar-refractivity contribution in [1.82, 2.24) is 44.8 Å². The van der Waals surface area contributed by atoms with Crippen LogP contribution in [-0.4, -0.2) is 153 Å². The molecule has 4 saturated heterocycles. The van der Waals surface area contributed by atoms with E-state index in [1.165, 1.54) is 19.0 Å². The number of piperidine rings is 4. The molecule has 0 saturated carbocycles. The maximum absolute atomic E-state index is 13.6. The Morgan fingerprint density at radius 1 is 0.817 bits per heavy atom. The number of rotatable bonds is 13. The number of aryl methyl sites for hydroxylation is 1. The molecular formula is C56H62ClF3N13O8P. The molecule has 0 bridgehead atoms. The number of imide groups is 2. The van der Waals surface area contributed by atoms with E-state index in [4.69, 9.17) is 31.2 Å². The van der Waals surface area contributed by atoms with Crippen molar-refractivity contribution in [3.8, 4) is 16.9 Å². The Morgan fingerprint density at radius 3 is 2.13 bits per heavy atom. The maximum atomic E-state index is 13.6. The number of methoxy groups -OCH3 is 1. The van der Waals surface area contributed by atoms with E-state index in [9.17, 15) is 36.9 Å². The van der Waals surface area contributed by atoms with Crippen molar-refractivity contribution in [2.45, 2.75) is 63.6 Å².